The van der Waals surface area contributed by atoms with Crippen molar-refractivity contribution in [3.8, 4) is 5.75 Å². The van der Waals surface area contributed by atoms with Gasteiger partial charge < -0.3 is 29.5 Å². The predicted molar refractivity (Wildman–Crippen MR) is 105 cm³/mol. The molecule has 9 nitrogen and oxygen atoms in total. The van der Waals surface area contributed by atoms with Gasteiger partial charge in [-0.2, -0.15) is 0 Å². The summed E-state index contributed by atoms with van der Waals surface area (Å²) in [4.78, 5) is 28.3. The van der Waals surface area contributed by atoms with Crippen molar-refractivity contribution in [3.05, 3.63) is 35.3 Å². The van der Waals surface area contributed by atoms with Gasteiger partial charge in [-0.25, -0.2) is 9.18 Å². The lowest BCUT2D eigenvalue weighted by Crippen LogP contribution is -2.38. The van der Waals surface area contributed by atoms with E-state index < -0.39 is 17.7 Å². The quantitative estimate of drug-likeness (QED) is 0.544. The SMILES string of the molecule is COC(=O)C1=C(Nc2cc(F)ccc2OCCN2CCOCC2)C(=O)N(CCO)C1. The van der Waals surface area contributed by atoms with Crippen molar-refractivity contribution in [2.75, 3.05) is 71.6 Å². The molecule has 2 aliphatic heterocycles. The number of esters is 1. The van der Waals surface area contributed by atoms with Crippen molar-refractivity contribution in [2.45, 2.75) is 0 Å². The average Bonchev–Trinajstić information content (AvgIpc) is 3.05. The summed E-state index contributed by atoms with van der Waals surface area (Å²) >= 11 is 0. The van der Waals surface area contributed by atoms with E-state index in [1.807, 2.05) is 0 Å². The maximum Gasteiger partial charge on any atom is 0.337 e. The number of anilines is 1. The molecule has 0 atom stereocenters. The number of β-amino-alcohol motifs (C(OH)–C–C–N with tert-alkyl or cyclic N) is 1. The van der Waals surface area contributed by atoms with Gasteiger partial charge >= 0.3 is 5.97 Å². The third-order valence-electron chi connectivity index (χ3n) is 4.92. The van der Waals surface area contributed by atoms with Gasteiger partial charge in [0.25, 0.3) is 5.91 Å². The Labute approximate surface area is 174 Å². The lowest BCUT2D eigenvalue weighted by atomic mass is 10.2. The molecule has 0 radical (unpaired) electrons. The van der Waals surface area contributed by atoms with Crippen molar-refractivity contribution in [1.82, 2.24) is 9.80 Å². The topological polar surface area (TPSA) is 101 Å². The number of benzene rings is 1. The van der Waals surface area contributed by atoms with E-state index in [1.165, 1.54) is 30.2 Å². The number of amides is 1. The maximum absolute atomic E-state index is 13.9. The molecule has 0 aliphatic carbocycles. The highest BCUT2D eigenvalue weighted by molar-refractivity contribution is 6.08. The second kappa shape index (κ2) is 10.4. The smallest absolute Gasteiger partial charge is 0.337 e. The zero-order valence-corrected chi connectivity index (χ0v) is 16.9. The van der Waals surface area contributed by atoms with Gasteiger partial charge in [0, 0.05) is 32.2 Å². The average molecular weight is 423 g/mol. The first-order valence-electron chi connectivity index (χ1n) is 9.74. The van der Waals surface area contributed by atoms with Crippen molar-refractivity contribution < 1.29 is 33.3 Å². The van der Waals surface area contributed by atoms with Crippen LogP contribution in [-0.2, 0) is 19.1 Å². The van der Waals surface area contributed by atoms with E-state index in [0.717, 1.165) is 13.1 Å². The van der Waals surface area contributed by atoms with Gasteiger partial charge in [0.2, 0.25) is 0 Å². The van der Waals surface area contributed by atoms with E-state index in [0.29, 0.717) is 32.1 Å². The van der Waals surface area contributed by atoms with E-state index in [2.05, 4.69) is 10.2 Å². The first-order valence-corrected chi connectivity index (χ1v) is 9.74. The lowest BCUT2D eigenvalue weighted by molar-refractivity contribution is -0.136. The highest BCUT2D eigenvalue weighted by atomic mass is 19.1. The minimum atomic E-state index is -0.669. The Morgan fingerprint density at radius 2 is 2.07 bits per heavy atom. The van der Waals surface area contributed by atoms with Crippen LogP contribution in [0.1, 0.15) is 0 Å². The maximum atomic E-state index is 13.9. The minimum Gasteiger partial charge on any atom is -0.490 e. The van der Waals surface area contributed by atoms with Crippen LogP contribution < -0.4 is 10.1 Å². The number of rotatable bonds is 9. The van der Waals surface area contributed by atoms with E-state index in [4.69, 9.17) is 19.3 Å². The van der Waals surface area contributed by atoms with Crippen molar-refractivity contribution in [2.24, 2.45) is 0 Å². The number of hydrogen-bond acceptors (Lipinski definition) is 8. The number of aliphatic hydroxyl groups excluding tert-OH is 1. The molecular weight excluding hydrogens is 397 g/mol. The molecule has 164 valence electrons. The van der Waals surface area contributed by atoms with E-state index in [1.54, 1.807) is 0 Å². The molecule has 0 aromatic heterocycles. The van der Waals surface area contributed by atoms with Gasteiger partial charge in [0.15, 0.2) is 0 Å². The zero-order valence-electron chi connectivity index (χ0n) is 16.9. The Kier molecular flexibility index (Phi) is 7.61. The number of ether oxygens (including phenoxy) is 3. The van der Waals surface area contributed by atoms with Gasteiger partial charge in [-0.1, -0.05) is 0 Å². The zero-order chi connectivity index (χ0) is 21.5. The van der Waals surface area contributed by atoms with E-state index >= 15 is 0 Å². The Bertz CT molecular complexity index is 810. The fourth-order valence-electron chi connectivity index (χ4n) is 3.32. The van der Waals surface area contributed by atoms with Crippen LogP contribution in [0.3, 0.4) is 0 Å². The number of carbonyl (C=O) groups excluding carboxylic acids is 2. The molecule has 10 heteroatoms. The summed E-state index contributed by atoms with van der Waals surface area (Å²) < 4.78 is 29.8. The van der Waals surface area contributed by atoms with Crippen LogP contribution in [0.25, 0.3) is 0 Å². The molecule has 0 bridgehead atoms. The molecule has 0 unspecified atom stereocenters. The summed E-state index contributed by atoms with van der Waals surface area (Å²) in [6, 6.07) is 3.94. The van der Waals surface area contributed by atoms with Crippen LogP contribution in [0.15, 0.2) is 29.5 Å². The predicted octanol–water partition coefficient (Wildman–Crippen LogP) is 0.210. The third kappa shape index (κ3) is 5.26. The van der Waals surface area contributed by atoms with Gasteiger partial charge in [0.05, 0.1) is 44.7 Å². The summed E-state index contributed by atoms with van der Waals surface area (Å²) in [5, 5.41) is 12.0. The first kappa shape index (κ1) is 22.0. The number of carbonyl (C=O) groups is 2. The molecule has 1 aromatic carbocycles. The number of morpholine rings is 1. The van der Waals surface area contributed by atoms with E-state index in [9.17, 15) is 14.0 Å². The van der Waals surface area contributed by atoms with Crippen LogP contribution >= 0.6 is 0 Å². The van der Waals surface area contributed by atoms with Gasteiger partial charge in [-0.05, 0) is 12.1 Å². The van der Waals surface area contributed by atoms with Gasteiger partial charge in [-0.3, -0.25) is 9.69 Å². The van der Waals surface area contributed by atoms with Crippen LogP contribution in [0, 0.1) is 5.82 Å². The number of halogens is 1. The van der Waals surface area contributed by atoms with Crippen molar-refractivity contribution >= 4 is 17.6 Å². The second-order valence-electron chi connectivity index (χ2n) is 6.86. The molecule has 0 spiro atoms. The fraction of sp³-hybridized carbons (Fsp3) is 0.500. The minimum absolute atomic E-state index is 0.00304. The Morgan fingerprint density at radius 1 is 1.30 bits per heavy atom. The molecule has 2 heterocycles. The van der Waals surface area contributed by atoms with Crippen molar-refractivity contribution in [1.29, 1.82) is 0 Å². The Balaban J connectivity index is 1.75. The van der Waals surface area contributed by atoms with Crippen LogP contribution in [0.5, 0.6) is 5.75 Å². The number of methoxy groups -OCH3 is 1. The molecule has 2 N–H and O–H groups in total. The summed E-state index contributed by atoms with van der Waals surface area (Å²) in [6.45, 7) is 3.87. The highest BCUT2D eigenvalue weighted by Gasteiger charge is 2.34. The van der Waals surface area contributed by atoms with E-state index in [-0.39, 0.29) is 36.7 Å². The molecule has 1 saturated heterocycles. The summed E-state index contributed by atoms with van der Waals surface area (Å²) in [5.41, 5.74) is 0.325. The lowest BCUT2D eigenvalue weighted by Gasteiger charge is -2.26. The normalized spacial score (nSPS) is 17.4. The molecule has 2 aliphatic rings. The van der Waals surface area contributed by atoms with Crippen LogP contribution in [0.4, 0.5) is 10.1 Å². The van der Waals surface area contributed by atoms with Gasteiger partial charge in [-0.15, -0.1) is 0 Å². The molecular formula is C20H26FN3O6. The largest absolute Gasteiger partial charge is 0.490 e. The fourth-order valence-corrected chi connectivity index (χ4v) is 3.32. The Morgan fingerprint density at radius 3 is 2.77 bits per heavy atom. The summed E-state index contributed by atoms with van der Waals surface area (Å²) in [7, 11) is 1.22. The Hall–Kier alpha value is -2.69. The third-order valence-corrected chi connectivity index (χ3v) is 4.92. The molecule has 1 fully saturated rings. The first-order chi connectivity index (χ1) is 14.5. The van der Waals surface area contributed by atoms with Crippen LogP contribution in [0.2, 0.25) is 0 Å². The monoisotopic (exact) mass is 423 g/mol. The number of hydrogen-bond donors (Lipinski definition) is 2. The molecule has 1 amide bonds. The number of nitrogens with zero attached hydrogens (tertiary/aromatic N) is 2. The summed E-state index contributed by atoms with van der Waals surface area (Å²) in [6.07, 6.45) is 0. The standard InChI is InChI=1S/C20H26FN3O6/c1-28-20(27)15-13-24(4-8-25)19(26)18(15)22-16-12-14(21)2-3-17(16)30-11-7-23-5-9-29-10-6-23/h2-3,12,22,25H,4-11,13H2,1H3. The number of nitrogens with one attached hydrogen (secondary N) is 1. The van der Waals surface area contributed by atoms with Crippen molar-refractivity contribution in [3.63, 3.8) is 0 Å². The van der Waals surface area contributed by atoms with Gasteiger partial charge in [0.1, 0.15) is 23.9 Å². The second-order valence-corrected chi connectivity index (χ2v) is 6.86. The molecule has 30 heavy (non-hydrogen) atoms. The summed E-state index contributed by atoms with van der Waals surface area (Å²) in [5.74, 6) is -1.31. The number of aliphatic hydroxyl groups is 1. The highest BCUT2D eigenvalue weighted by Crippen LogP contribution is 2.30. The molecule has 1 aromatic rings. The molecule has 0 saturated carbocycles. The molecule has 3 rings (SSSR count). The van der Waals surface area contributed by atoms with Crippen LogP contribution in [-0.4, -0.2) is 93.0 Å².